The summed E-state index contributed by atoms with van der Waals surface area (Å²) in [6.45, 7) is 15.7. The van der Waals surface area contributed by atoms with Gasteiger partial charge in [0.05, 0.1) is 0 Å². The van der Waals surface area contributed by atoms with E-state index in [1.807, 2.05) is 0 Å². The minimum absolute atomic E-state index is 0.604. The molecule has 1 saturated heterocycles. The second-order valence-electron chi connectivity index (χ2n) is 6.36. The van der Waals surface area contributed by atoms with E-state index in [0.717, 1.165) is 25.9 Å². The molecule has 3 N–H and O–H groups in total. The normalized spacial score (nSPS) is 18.4. The summed E-state index contributed by atoms with van der Waals surface area (Å²) >= 11 is 0. The van der Waals surface area contributed by atoms with Gasteiger partial charge in [0.1, 0.15) is 0 Å². The maximum atomic E-state index is 5.84. The highest BCUT2D eigenvalue weighted by Crippen LogP contribution is 2.03. The summed E-state index contributed by atoms with van der Waals surface area (Å²) in [7, 11) is 0. The number of nitrogens with one attached hydrogen (secondary N) is 1. The SMILES string of the molecule is CCN1CCN(CCCCN=C(N)NCCC(C)C)CC1. The van der Waals surface area contributed by atoms with Gasteiger partial charge in [0.2, 0.25) is 0 Å². The highest BCUT2D eigenvalue weighted by atomic mass is 15.3. The summed E-state index contributed by atoms with van der Waals surface area (Å²) in [6, 6.07) is 0. The van der Waals surface area contributed by atoms with Gasteiger partial charge < -0.3 is 20.9 Å². The summed E-state index contributed by atoms with van der Waals surface area (Å²) in [6.07, 6.45) is 3.48. The van der Waals surface area contributed by atoms with Crippen molar-refractivity contribution in [3.63, 3.8) is 0 Å². The Balaban J connectivity index is 1.98. The molecule has 1 heterocycles. The third-order valence-electron chi connectivity index (χ3n) is 4.10. The lowest BCUT2D eigenvalue weighted by Crippen LogP contribution is -2.46. The molecule has 21 heavy (non-hydrogen) atoms. The van der Waals surface area contributed by atoms with Crippen molar-refractivity contribution >= 4 is 5.96 Å². The van der Waals surface area contributed by atoms with E-state index >= 15 is 0 Å². The molecule has 0 unspecified atom stereocenters. The van der Waals surface area contributed by atoms with Crippen LogP contribution in [0, 0.1) is 5.92 Å². The van der Waals surface area contributed by atoms with Crippen molar-refractivity contribution < 1.29 is 0 Å². The van der Waals surface area contributed by atoms with Gasteiger partial charge in [-0.1, -0.05) is 20.8 Å². The highest BCUT2D eigenvalue weighted by Gasteiger charge is 2.14. The van der Waals surface area contributed by atoms with Gasteiger partial charge in [-0.3, -0.25) is 4.99 Å². The average molecular weight is 297 g/mol. The van der Waals surface area contributed by atoms with Gasteiger partial charge in [0.15, 0.2) is 5.96 Å². The van der Waals surface area contributed by atoms with Crippen molar-refractivity contribution in [3.05, 3.63) is 0 Å². The fourth-order valence-electron chi connectivity index (χ4n) is 2.52. The first-order chi connectivity index (χ1) is 10.1. The molecule has 0 bridgehead atoms. The van der Waals surface area contributed by atoms with Crippen LogP contribution in [0.2, 0.25) is 0 Å². The first-order valence-corrected chi connectivity index (χ1v) is 8.60. The molecule has 0 aliphatic carbocycles. The van der Waals surface area contributed by atoms with Crippen molar-refractivity contribution in [1.82, 2.24) is 15.1 Å². The molecule has 0 spiro atoms. The van der Waals surface area contributed by atoms with Crippen LogP contribution in [-0.2, 0) is 0 Å². The van der Waals surface area contributed by atoms with Crippen LogP contribution in [0.3, 0.4) is 0 Å². The smallest absolute Gasteiger partial charge is 0.188 e. The first-order valence-electron chi connectivity index (χ1n) is 8.60. The summed E-state index contributed by atoms with van der Waals surface area (Å²) in [5.41, 5.74) is 5.84. The van der Waals surface area contributed by atoms with Crippen LogP contribution in [0.1, 0.15) is 40.0 Å². The maximum absolute atomic E-state index is 5.84. The molecule has 5 nitrogen and oxygen atoms in total. The number of aliphatic imine (C=N–C) groups is 1. The molecular formula is C16H35N5. The Kier molecular flexibility index (Phi) is 9.42. The molecule has 0 saturated carbocycles. The van der Waals surface area contributed by atoms with Crippen LogP contribution in [0.4, 0.5) is 0 Å². The number of nitrogens with zero attached hydrogens (tertiary/aromatic N) is 3. The topological polar surface area (TPSA) is 56.9 Å². The number of hydrogen-bond donors (Lipinski definition) is 2. The van der Waals surface area contributed by atoms with E-state index in [2.05, 4.69) is 40.9 Å². The van der Waals surface area contributed by atoms with Gasteiger partial charge >= 0.3 is 0 Å². The van der Waals surface area contributed by atoms with Gasteiger partial charge in [-0.2, -0.15) is 0 Å². The van der Waals surface area contributed by atoms with Gasteiger partial charge in [-0.25, -0.2) is 0 Å². The van der Waals surface area contributed by atoms with Crippen molar-refractivity contribution in [2.45, 2.75) is 40.0 Å². The van der Waals surface area contributed by atoms with Crippen LogP contribution in [0.15, 0.2) is 4.99 Å². The zero-order chi connectivity index (χ0) is 15.5. The number of rotatable bonds is 9. The first kappa shape index (κ1) is 18.2. The number of guanidine groups is 1. The van der Waals surface area contributed by atoms with E-state index in [1.54, 1.807) is 0 Å². The Morgan fingerprint density at radius 1 is 1.14 bits per heavy atom. The van der Waals surface area contributed by atoms with E-state index in [0.29, 0.717) is 11.9 Å². The van der Waals surface area contributed by atoms with Gasteiger partial charge in [-0.15, -0.1) is 0 Å². The molecule has 1 fully saturated rings. The fourth-order valence-corrected chi connectivity index (χ4v) is 2.52. The minimum atomic E-state index is 0.604. The lowest BCUT2D eigenvalue weighted by atomic mass is 10.1. The summed E-state index contributed by atoms with van der Waals surface area (Å²) < 4.78 is 0. The van der Waals surface area contributed by atoms with Crippen LogP contribution in [0.5, 0.6) is 0 Å². The number of likely N-dealkylation sites (N-methyl/N-ethyl adjacent to an activating group) is 1. The Morgan fingerprint density at radius 2 is 1.81 bits per heavy atom. The second kappa shape index (κ2) is 10.9. The van der Waals surface area contributed by atoms with Gasteiger partial charge in [-0.05, 0) is 38.3 Å². The predicted octanol–water partition coefficient (Wildman–Crippen LogP) is 1.35. The van der Waals surface area contributed by atoms with Crippen molar-refractivity contribution in [2.75, 3.05) is 52.4 Å². The summed E-state index contributed by atoms with van der Waals surface area (Å²) in [4.78, 5) is 9.47. The number of nitrogens with two attached hydrogens (primary N) is 1. The zero-order valence-corrected chi connectivity index (χ0v) is 14.3. The second-order valence-corrected chi connectivity index (χ2v) is 6.36. The van der Waals surface area contributed by atoms with E-state index in [4.69, 9.17) is 5.73 Å². The predicted molar refractivity (Wildman–Crippen MR) is 91.7 cm³/mol. The molecule has 0 aromatic heterocycles. The van der Waals surface area contributed by atoms with Crippen LogP contribution in [0.25, 0.3) is 0 Å². The largest absolute Gasteiger partial charge is 0.370 e. The third-order valence-corrected chi connectivity index (χ3v) is 4.10. The molecule has 5 heteroatoms. The molecule has 0 atom stereocenters. The van der Waals surface area contributed by atoms with E-state index in [1.165, 1.54) is 45.7 Å². The summed E-state index contributed by atoms with van der Waals surface area (Å²) in [5, 5.41) is 3.18. The van der Waals surface area contributed by atoms with Crippen molar-refractivity contribution in [2.24, 2.45) is 16.6 Å². The van der Waals surface area contributed by atoms with Crippen LogP contribution >= 0.6 is 0 Å². The Bertz CT molecular complexity index is 282. The van der Waals surface area contributed by atoms with Crippen LogP contribution in [-0.4, -0.2) is 68.1 Å². The quantitative estimate of drug-likeness (QED) is 0.383. The third kappa shape index (κ3) is 8.94. The number of unbranched alkanes of at least 4 members (excludes halogenated alkanes) is 1. The zero-order valence-electron chi connectivity index (χ0n) is 14.3. The molecule has 0 aromatic rings. The monoisotopic (exact) mass is 297 g/mol. The fraction of sp³-hybridized carbons (Fsp3) is 0.938. The van der Waals surface area contributed by atoms with Gasteiger partial charge in [0.25, 0.3) is 0 Å². The summed E-state index contributed by atoms with van der Waals surface area (Å²) in [5.74, 6) is 1.31. The Labute approximate surface area is 131 Å². The molecule has 0 aromatic carbocycles. The molecule has 1 rings (SSSR count). The van der Waals surface area contributed by atoms with Crippen molar-refractivity contribution in [3.8, 4) is 0 Å². The number of hydrogen-bond acceptors (Lipinski definition) is 3. The van der Waals surface area contributed by atoms with Crippen LogP contribution < -0.4 is 11.1 Å². The van der Waals surface area contributed by atoms with E-state index in [-0.39, 0.29) is 0 Å². The molecule has 0 radical (unpaired) electrons. The Morgan fingerprint density at radius 3 is 2.43 bits per heavy atom. The standard InChI is InChI=1S/C16H35N5/c1-4-20-11-13-21(14-12-20)10-6-5-8-18-16(17)19-9-7-15(2)3/h15H,4-14H2,1-3H3,(H3,17,18,19). The van der Waals surface area contributed by atoms with Crippen molar-refractivity contribution in [1.29, 1.82) is 0 Å². The molecular weight excluding hydrogens is 262 g/mol. The number of piperazine rings is 1. The lowest BCUT2D eigenvalue weighted by molar-refractivity contribution is 0.136. The lowest BCUT2D eigenvalue weighted by Gasteiger charge is -2.33. The van der Waals surface area contributed by atoms with E-state index < -0.39 is 0 Å². The maximum Gasteiger partial charge on any atom is 0.188 e. The molecule has 1 aliphatic rings. The highest BCUT2D eigenvalue weighted by molar-refractivity contribution is 5.77. The Hall–Kier alpha value is -0.810. The average Bonchev–Trinajstić information content (AvgIpc) is 2.47. The molecule has 1 aliphatic heterocycles. The van der Waals surface area contributed by atoms with E-state index in [9.17, 15) is 0 Å². The minimum Gasteiger partial charge on any atom is -0.370 e. The molecule has 124 valence electrons. The van der Waals surface area contributed by atoms with Gasteiger partial charge in [0, 0.05) is 39.3 Å². The molecule has 0 amide bonds.